The maximum absolute atomic E-state index is 14.1. The maximum atomic E-state index is 14.1. The number of rotatable bonds is 9. The number of para-hydroxylation sites is 1. The Morgan fingerprint density at radius 2 is 1.79 bits per heavy atom. The number of halogens is 1. The van der Waals surface area contributed by atoms with E-state index in [1.54, 1.807) is 64.9 Å². The summed E-state index contributed by atoms with van der Waals surface area (Å²) in [6, 6.07) is 20.8. The number of nitrogens with zero attached hydrogens (tertiary/aromatic N) is 3. The predicted octanol–water partition coefficient (Wildman–Crippen LogP) is 4.16. The SMILES string of the molecule is CCOc1cc(/C=c2/sc3n(c2=O)[C@H](c2ccc(Cl)cc2)C(C(=O)Nc2ccccc2)=C(C)N=3)ccc1OCC(=O)N1CCOCC1. The number of anilines is 1. The molecule has 242 valence electrons. The van der Waals surface area contributed by atoms with Crippen molar-refractivity contribution in [2.45, 2.75) is 19.9 Å². The topological polar surface area (TPSA) is 111 Å². The number of carbonyl (C=O) groups is 2. The Hall–Kier alpha value is -4.71. The first-order valence-corrected chi connectivity index (χ1v) is 16.4. The molecule has 1 fully saturated rings. The summed E-state index contributed by atoms with van der Waals surface area (Å²) in [7, 11) is 0. The highest BCUT2D eigenvalue weighted by atomic mass is 35.5. The molecule has 2 aliphatic rings. The molecule has 1 saturated heterocycles. The van der Waals surface area contributed by atoms with Gasteiger partial charge in [0.15, 0.2) is 22.9 Å². The van der Waals surface area contributed by atoms with E-state index >= 15 is 0 Å². The van der Waals surface area contributed by atoms with Crippen LogP contribution in [-0.4, -0.2) is 60.8 Å². The number of ether oxygens (including phenoxy) is 3. The van der Waals surface area contributed by atoms with Crippen molar-refractivity contribution in [2.24, 2.45) is 4.99 Å². The Bertz CT molecular complexity index is 2000. The molecule has 0 aliphatic carbocycles. The van der Waals surface area contributed by atoms with Crippen LogP contribution in [0.5, 0.6) is 11.5 Å². The van der Waals surface area contributed by atoms with E-state index < -0.39 is 6.04 Å². The zero-order valence-corrected chi connectivity index (χ0v) is 27.5. The van der Waals surface area contributed by atoms with Crippen molar-refractivity contribution in [1.82, 2.24) is 9.47 Å². The molecule has 0 unspecified atom stereocenters. The molecule has 3 aromatic carbocycles. The Labute approximate surface area is 280 Å². The average molecular weight is 673 g/mol. The molecule has 47 heavy (non-hydrogen) atoms. The van der Waals surface area contributed by atoms with Gasteiger partial charge in [0.05, 0.1) is 41.7 Å². The van der Waals surface area contributed by atoms with E-state index in [-0.39, 0.29) is 24.0 Å². The van der Waals surface area contributed by atoms with Crippen LogP contribution in [0.3, 0.4) is 0 Å². The molecule has 12 heteroatoms. The maximum Gasteiger partial charge on any atom is 0.271 e. The standard InChI is InChI=1S/C35H33ClN4O6S/c1-3-45-28-19-23(9-14-27(28)46-21-30(41)39-15-17-44-18-16-39)20-29-34(43)40-32(24-10-12-25(36)13-11-24)31(22(2)37-35(40)47-29)33(42)38-26-7-5-4-6-8-26/h4-14,19-20,32H,3,15-18,21H2,1-2H3,(H,38,42)/b29-20+/t32-/m1/s1. The Kier molecular flexibility index (Phi) is 9.86. The van der Waals surface area contributed by atoms with Crippen molar-refractivity contribution in [1.29, 1.82) is 0 Å². The van der Waals surface area contributed by atoms with Gasteiger partial charge in [0.1, 0.15) is 0 Å². The number of allylic oxidation sites excluding steroid dienone is 1. The fraction of sp³-hybridized carbons (Fsp3) is 0.257. The lowest BCUT2D eigenvalue weighted by molar-refractivity contribution is -0.137. The van der Waals surface area contributed by atoms with E-state index in [0.29, 0.717) is 81.3 Å². The van der Waals surface area contributed by atoms with Crippen LogP contribution in [0.25, 0.3) is 6.08 Å². The third-order valence-corrected chi connectivity index (χ3v) is 9.00. The van der Waals surface area contributed by atoms with Gasteiger partial charge in [-0.1, -0.05) is 59.3 Å². The number of aromatic nitrogens is 1. The second-order valence-corrected chi connectivity index (χ2v) is 12.3. The molecular weight excluding hydrogens is 640 g/mol. The molecule has 0 saturated carbocycles. The molecular formula is C35H33ClN4O6S. The van der Waals surface area contributed by atoms with Crippen LogP contribution in [0.2, 0.25) is 5.02 Å². The second kappa shape index (κ2) is 14.4. The summed E-state index contributed by atoms with van der Waals surface area (Å²) in [5, 5.41) is 3.49. The Morgan fingerprint density at radius 1 is 1.04 bits per heavy atom. The first kappa shape index (κ1) is 32.2. The highest BCUT2D eigenvalue weighted by Crippen LogP contribution is 2.32. The molecule has 4 aromatic rings. The fourth-order valence-electron chi connectivity index (χ4n) is 5.49. The number of hydrogen-bond donors (Lipinski definition) is 1. The number of fused-ring (bicyclic) bond motifs is 1. The number of nitrogens with one attached hydrogen (secondary N) is 1. The number of benzene rings is 3. The molecule has 2 aliphatic heterocycles. The lowest BCUT2D eigenvalue weighted by atomic mass is 9.95. The van der Waals surface area contributed by atoms with E-state index in [1.807, 2.05) is 37.3 Å². The molecule has 0 radical (unpaired) electrons. The third-order valence-electron chi connectivity index (χ3n) is 7.76. The number of hydrogen-bond acceptors (Lipinski definition) is 8. The average Bonchev–Trinajstić information content (AvgIpc) is 3.38. The van der Waals surface area contributed by atoms with Gasteiger partial charge in [-0.3, -0.25) is 19.0 Å². The van der Waals surface area contributed by atoms with Crippen molar-refractivity contribution in [3.63, 3.8) is 0 Å². The van der Waals surface area contributed by atoms with Crippen molar-refractivity contribution >= 4 is 46.5 Å². The first-order chi connectivity index (χ1) is 22.8. The van der Waals surface area contributed by atoms with Gasteiger partial charge in [0.25, 0.3) is 17.4 Å². The van der Waals surface area contributed by atoms with Gasteiger partial charge in [0, 0.05) is 23.8 Å². The molecule has 0 spiro atoms. The van der Waals surface area contributed by atoms with Gasteiger partial charge in [-0.05, 0) is 67.4 Å². The van der Waals surface area contributed by atoms with Crippen molar-refractivity contribution in [3.8, 4) is 11.5 Å². The molecule has 0 bridgehead atoms. The fourth-order valence-corrected chi connectivity index (χ4v) is 6.66. The van der Waals surface area contributed by atoms with Gasteiger partial charge in [-0.2, -0.15) is 0 Å². The summed E-state index contributed by atoms with van der Waals surface area (Å²) in [6.45, 7) is 5.99. The summed E-state index contributed by atoms with van der Waals surface area (Å²) in [6.07, 6.45) is 1.76. The van der Waals surface area contributed by atoms with Gasteiger partial charge in [0.2, 0.25) is 0 Å². The van der Waals surface area contributed by atoms with Gasteiger partial charge < -0.3 is 24.4 Å². The minimum absolute atomic E-state index is 0.122. The molecule has 1 atom stereocenters. The van der Waals surface area contributed by atoms with Crippen LogP contribution in [0, 0.1) is 0 Å². The molecule has 10 nitrogen and oxygen atoms in total. The van der Waals surface area contributed by atoms with Crippen molar-refractivity contribution < 1.29 is 23.8 Å². The van der Waals surface area contributed by atoms with Crippen LogP contribution in [0.4, 0.5) is 5.69 Å². The van der Waals surface area contributed by atoms with E-state index in [4.69, 9.17) is 30.8 Å². The van der Waals surface area contributed by atoms with Gasteiger partial charge in [-0.15, -0.1) is 0 Å². The molecule has 2 amide bonds. The van der Waals surface area contributed by atoms with Gasteiger partial charge >= 0.3 is 0 Å². The lowest BCUT2D eigenvalue weighted by Gasteiger charge is -2.26. The van der Waals surface area contributed by atoms with Crippen molar-refractivity contribution in [2.75, 3.05) is 44.8 Å². The van der Waals surface area contributed by atoms with Crippen LogP contribution in [0.1, 0.15) is 31.0 Å². The lowest BCUT2D eigenvalue weighted by Crippen LogP contribution is -2.43. The van der Waals surface area contributed by atoms with Gasteiger partial charge in [-0.25, -0.2) is 4.99 Å². The van der Waals surface area contributed by atoms with E-state index in [1.165, 1.54) is 11.3 Å². The Morgan fingerprint density at radius 3 is 2.51 bits per heavy atom. The summed E-state index contributed by atoms with van der Waals surface area (Å²) < 4.78 is 19.0. The Balaban J connectivity index is 1.34. The zero-order chi connectivity index (χ0) is 32.9. The van der Waals surface area contributed by atoms with Crippen LogP contribution in [0.15, 0.2) is 93.9 Å². The van der Waals surface area contributed by atoms with E-state index in [0.717, 1.165) is 5.56 Å². The highest BCUT2D eigenvalue weighted by molar-refractivity contribution is 7.07. The van der Waals surface area contributed by atoms with Crippen molar-refractivity contribution in [3.05, 3.63) is 120 Å². The molecule has 3 heterocycles. The number of thiazole rings is 1. The highest BCUT2D eigenvalue weighted by Gasteiger charge is 2.32. The summed E-state index contributed by atoms with van der Waals surface area (Å²) in [4.78, 5) is 47.4. The quantitative estimate of drug-likeness (QED) is 0.286. The normalized spacial score (nSPS) is 16.4. The van der Waals surface area contributed by atoms with Crippen LogP contribution in [-0.2, 0) is 14.3 Å². The third kappa shape index (κ3) is 7.17. The van der Waals surface area contributed by atoms with Crippen LogP contribution >= 0.6 is 22.9 Å². The first-order valence-electron chi connectivity index (χ1n) is 15.2. The van der Waals surface area contributed by atoms with E-state index in [9.17, 15) is 14.4 Å². The number of amides is 2. The van der Waals surface area contributed by atoms with Crippen LogP contribution < -0.4 is 29.7 Å². The molecule has 6 rings (SSSR count). The summed E-state index contributed by atoms with van der Waals surface area (Å²) >= 11 is 7.44. The molecule has 1 aromatic heterocycles. The second-order valence-electron chi connectivity index (χ2n) is 10.9. The number of morpholine rings is 1. The monoisotopic (exact) mass is 672 g/mol. The summed E-state index contributed by atoms with van der Waals surface area (Å²) in [5.41, 5.74) is 2.64. The predicted molar refractivity (Wildman–Crippen MR) is 181 cm³/mol. The minimum Gasteiger partial charge on any atom is -0.490 e. The number of carbonyl (C=O) groups excluding carboxylic acids is 2. The summed E-state index contributed by atoms with van der Waals surface area (Å²) in [5.74, 6) is 0.414. The minimum atomic E-state index is -0.729. The smallest absolute Gasteiger partial charge is 0.271 e. The van der Waals surface area contributed by atoms with E-state index in [2.05, 4.69) is 5.32 Å². The largest absolute Gasteiger partial charge is 0.490 e. The molecule has 1 N–H and O–H groups in total. The zero-order valence-electron chi connectivity index (χ0n) is 25.9.